The summed E-state index contributed by atoms with van der Waals surface area (Å²) in [5.41, 5.74) is 1.68. The smallest absolute Gasteiger partial charge is 0.247 e. The van der Waals surface area contributed by atoms with E-state index in [0.29, 0.717) is 40.4 Å². The Bertz CT molecular complexity index is 1190. The molecule has 1 aromatic heterocycles. The van der Waals surface area contributed by atoms with E-state index in [1.54, 1.807) is 29.4 Å². The number of piperidine rings is 1. The van der Waals surface area contributed by atoms with Crippen molar-refractivity contribution in [2.45, 2.75) is 37.0 Å². The van der Waals surface area contributed by atoms with Crippen LogP contribution in [0.15, 0.2) is 57.8 Å². The highest BCUT2D eigenvalue weighted by atomic mass is 35.5. The number of aryl methyl sites for hydroxylation is 1. The normalized spacial score (nSPS) is 21.1. The van der Waals surface area contributed by atoms with Crippen LogP contribution < -0.4 is 0 Å². The highest BCUT2D eigenvalue weighted by Gasteiger charge is 2.59. The molecule has 6 nitrogen and oxygen atoms in total. The van der Waals surface area contributed by atoms with Crippen LogP contribution >= 0.6 is 11.6 Å². The Morgan fingerprint density at radius 1 is 1.10 bits per heavy atom. The fraction of sp³-hybridized carbons (Fsp3) is 0.364. The van der Waals surface area contributed by atoms with Crippen LogP contribution in [-0.4, -0.2) is 36.0 Å². The highest BCUT2D eigenvalue weighted by Crippen LogP contribution is 2.64. The summed E-state index contributed by atoms with van der Waals surface area (Å²) in [7, 11) is -3.55. The van der Waals surface area contributed by atoms with Gasteiger partial charge in [0.15, 0.2) is 0 Å². The largest absolute Gasteiger partial charge is 0.420 e. The first-order valence-corrected chi connectivity index (χ1v) is 11.9. The molecule has 8 heteroatoms. The molecule has 1 aliphatic heterocycles. The lowest BCUT2D eigenvalue weighted by Crippen LogP contribution is -2.39. The summed E-state index contributed by atoms with van der Waals surface area (Å²) < 4.78 is 33.8. The van der Waals surface area contributed by atoms with Crippen molar-refractivity contribution in [3.05, 3.63) is 65.0 Å². The van der Waals surface area contributed by atoms with Gasteiger partial charge in [0.25, 0.3) is 0 Å². The van der Waals surface area contributed by atoms with Crippen LogP contribution in [-0.2, 0) is 10.0 Å². The van der Waals surface area contributed by atoms with Gasteiger partial charge in [-0.15, -0.1) is 10.2 Å². The van der Waals surface area contributed by atoms with Crippen molar-refractivity contribution in [3.63, 3.8) is 0 Å². The average molecular weight is 444 g/mol. The van der Waals surface area contributed by atoms with Gasteiger partial charge >= 0.3 is 0 Å². The van der Waals surface area contributed by atoms with E-state index in [-0.39, 0.29) is 11.3 Å². The highest BCUT2D eigenvalue weighted by molar-refractivity contribution is 7.89. The summed E-state index contributed by atoms with van der Waals surface area (Å²) in [5.74, 6) is 1.40. The quantitative estimate of drug-likeness (QED) is 0.586. The van der Waals surface area contributed by atoms with E-state index in [0.717, 1.165) is 24.8 Å². The first-order valence-electron chi connectivity index (χ1n) is 10.0. The molecule has 2 aliphatic rings. The van der Waals surface area contributed by atoms with E-state index in [4.69, 9.17) is 16.0 Å². The number of hydrogen-bond donors (Lipinski definition) is 0. The van der Waals surface area contributed by atoms with E-state index in [1.165, 1.54) is 0 Å². The molecule has 2 aromatic carbocycles. The van der Waals surface area contributed by atoms with Gasteiger partial charge in [0.05, 0.1) is 4.90 Å². The molecule has 0 amide bonds. The van der Waals surface area contributed by atoms with Crippen molar-refractivity contribution >= 4 is 21.6 Å². The lowest BCUT2D eigenvalue weighted by atomic mass is 9.92. The Kier molecular flexibility index (Phi) is 4.72. The molecule has 1 spiro atoms. The second kappa shape index (κ2) is 7.18. The lowest BCUT2D eigenvalue weighted by Gasteiger charge is -2.32. The SMILES string of the molecule is Cc1ccc(Cl)cc1S(=O)(=O)N1CCC2(CC1)C[C@H]2c1nnc(-c2ccccc2)o1. The van der Waals surface area contributed by atoms with Crippen molar-refractivity contribution in [1.29, 1.82) is 0 Å². The molecule has 0 N–H and O–H groups in total. The average Bonchev–Trinajstić information content (AvgIpc) is 3.21. The zero-order chi connectivity index (χ0) is 20.9. The topological polar surface area (TPSA) is 76.3 Å². The van der Waals surface area contributed by atoms with E-state index in [1.807, 2.05) is 30.3 Å². The Morgan fingerprint density at radius 2 is 1.83 bits per heavy atom. The number of hydrogen-bond acceptors (Lipinski definition) is 5. The van der Waals surface area contributed by atoms with E-state index in [2.05, 4.69) is 10.2 Å². The lowest BCUT2D eigenvalue weighted by molar-refractivity contribution is 0.246. The zero-order valence-corrected chi connectivity index (χ0v) is 18.2. The molecule has 0 radical (unpaired) electrons. The van der Waals surface area contributed by atoms with Crippen LogP contribution in [0.3, 0.4) is 0 Å². The van der Waals surface area contributed by atoms with E-state index in [9.17, 15) is 8.42 Å². The summed E-state index contributed by atoms with van der Waals surface area (Å²) in [6.07, 6.45) is 2.55. The van der Waals surface area contributed by atoms with E-state index < -0.39 is 10.0 Å². The number of benzene rings is 2. The van der Waals surface area contributed by atoms with Gasteiger partial charge in [-0.1, -0.05) is 35.9 Å². The minimum atomic E-state index is -3.55. The fourth-order valence-corrected chi connectivity index (χ4v) is 6.41. The summed E-state index contributed by atoms with van der Waals surface area (Å²) in [4.78, 5) is 0.294. The number of halogens is 1. The van der Waals surface area contributed by atoms with Crippen molar-refractivity contribution in [1.82, 2.24) is 14.5 Å². The molecule has 156 valence electrons. The molecule has 1 saturated heterocycles. The van der Waals surface area contributed by atoms with Crippen molar-refractivity contribution in [2.24, 2.45) is 5.41 Å². The molecule has 3 aromatic rings. The molecular formula is C22H22ClN3O3S. The monoisotopic (exact) mass is 443 g/mol. The van der Waals surface area contributed by atoms with Gasteiger partial charge < -0.3 is 4.42 Å². The summed E-state index contributed by atoms with van der Waals surface area (Å²) in [6.45, 7) is 2.78. The number of sulfonamides is 1. The predicted octanol–water partition coefficient (Wildman–Crippen LogP) is 4.66. The summed E-state index contributed by atoms with van der Waals surface area (Å²) in [6, 6.07) is 14.7. The zero-order valence-electron chi connectivity index (χ0n) is 16.6. The van der Waals surface area contributed by atoms with Crippen LogP contribution in [0.1, 0.15) is 36.6 Å². The maximum absolute atomic E-state index is 13.1. The Morgan fingerprint density at radius 3 is 2.57 bits per heavy atom. The summed E-state index contributed by atoms with van der Waals surface area (Å²) >= 11 is 6.04. The van der Waals surface area contributed by atoms with Crippen LogP contribution in [0.25, 0.3) is 11.5 Å². The van der Waals surface area contributed by atoms with Crippen molar-refractivity contribution in [2.75, 3.05) is 13.1 Å². The Balaban J connectivity index is 1.29. The third-order valence-corrected chi connectivity index (χ3v) is 8.71. The first kappa shape index (κ1) is 19.7. The van der Waals surface area contributed by atoms with Gasteiger partial charge in [-0.25, -0.2) is 8.42 Å². The number of aromatic nitrogens is 2. The molecule has 0 unspecified atom stereocenters. The molecule has 5 rings (SSSR count). The second-order valence-corrected chi connectivity index (χ2v) is 10.6. The maximum atomic E-state index is 13.1. The fourth-order valence-electron chi connectivity index (χ4n) is 4.49. The van der Waals surface area contributed by atoms with Crippen LogP contribution in [0.5, 0.6) is 0 Å². The molecule has 1 aliphatic carbocycles. The maximum Gasteiger partial charge on any atom is 0.247 e. The second-order valence-electron chi connectivity index (χ2n) is 8.24. The Labute approximate surface area is 180 Å². The third-order valence-electron chi connectivity index (χ3n) is 6.44. The molecule has 30 heavy (non-hydrogen) atoms. The van der Waals surface area contributed by atoms with Gasteiger partial charge in [-0.3, -0.25) is 0 Å². The predicted molar refractivity (Wildman–Crippen MR) is 114 cm³/mol. The van der Waals surface area contributed by atoms with Gasteiger partial charge in [-0.05, 0) is 61.4 Å². The molecule has 0 bridgehead atoms. The minimum absolute atomic E-state index is 0.0654. The number of rotatable bonds is 4. The van der Waals surface area contributed by atoms with Gasteiger partial charge in [0.1, 0.15) is 0 Å². The number of nitrogens with zero attached hydrogens (tertiary/aromatic N) is 3. The van der Waals surface area contributed by atoms with E-state index >= 15 is 0 Å². The van der Waals surface area contributed by atoms with Gasteiger partial charge in [0, 0.05) is 29.6 Å². The third kappa shape index (κ3) is 3.35. The van der Waals surface area contributed by atoms with Crippen molar-refractivity contribution in [3.8, 4) is 11.5 Å². The minimum Gasteiger partial charge on any atom is -0.420 e. The van der Waals surface area contributed by atoms with Crippen LogP contribution in [0, 0.1) is 12.3 Å². The molecular weight excluding hydrogens is 422 g/mol. The summed E-state index contributed by atoms with van der Waals surface area (Å²) in [5, 5.41) is 8.91. The standard InChI is InChI=1S/C22H22ClN3O3S/c1-15-7-8-17(23)13-19(15)30(27,28)26-11-9-22(10-12-26)14-18(22)21-25-24-20(29-21)16-5-3-2-4-6-16/h2-8,13,18H,9-12,14H2,1H3/t18-/m0/s1. The van der Waals surface area contributed by atoms with Gasteiger partial charge in [-0.2, -0.15) is 4.31 Å². The van der Waals surface area contributed by atoms with Crippen molar-refractivity contribution < 1.29 is 12.8 Å². The van der Waals surface area contributed by atoms with Gasteiger partial charge in [0.2, 0.25) is 21.8 Å². The molecule has 2 fully saturated rings. The molecule has 1 saturated carbocycles. The van der Waals surface area contributed by atoms with Crippen LogP contribution in [0.2, 0.25) is 5.02 Å². The molecule has 1 atom stereocenters. The Hall–Kier alpha value is -2.22. The molecule has 2 heterocycles. The van der Waals surface area contributed by atoms with Crippen LogP contribution in [0.4, 0.5) is 0 Å². The first-order chi connectivity index (χ1) is 14.4.